The van der Waals surface area contributed by atoms with Crippen LogP contribution in [0, 0.1) is 5.92 Å². The van der Waals surface area contributed by atoms with Crippen LogP contribution in [-0.2, 0) is 22.9 Å². The fourth-order valence-electron chi connectivity index (χ4n) is 4.34. The highest BCUT2D eigenvalue weighted by molar-refractivity contribution is 7.90. The molecule has 0 bridgehead atoms. The largest absolute Gasteiger partial charge is 0.317 e. The highest BCUT2D eigenvalue weighted by Gasteiger charge is 2.26. The van der Waals surface area contributed by atoms with E-state index >= 15 is 0 Å². The van der Waals surface area contributed by atoms with Gasteiger partial charge >= 0.3 is 0 Å². The molecule has 0 aromatic carbocycles. The summed E-state index contributed by atoms with van der Waals surface area (Å²) in [6.45, 7) is 10.1. The number of sulfone groups is 1. The van der Waals surface area contributed by atoms with Crippen molar-refractivity contribution in [1.82, 2.24) is 19.4 Å². The van der Waals surface area contributed by atoms with Gasteiger partial charge in [-0.2, -0.15) is 0 Å². The van der Waals surface area contributed by atoms with E-state index in [1.165, 1.54) is 38.4 Å². The lowest BCUT2D eigenvalue weighted by atomic mass is 9.94. The van der Waals surface area contributed by atoms with Crippen LogP contribution >= 0.6 is 0 Å². The summed E-state index contributed by atoms with van der Waals surface area (Å²) in [4.78, 5) is 9.35. The van der Waals surface area contributed by atoms with Gasteiger partial charge in [-0.05, 0) is 18.8 Å². The molecule has 0 radical (unpaired) electrons. The van der Waals surface area contributed by atoms with E-state index in [0.717, 1.165) is 44.5 Å². The minimum atomic E-state index is -3.30. The second-order valence-electron chi connectivity index (χ2n) is 8.41. The highest BCUT2D eigenvalue weighted by atomic mass is 32.2. The third kappa shape index (κ3) is 4.87. The summed E-state index contributed by atoms with van der Waals surface area (Å²) >= 11 is 0. The van der Waals surface area contributed by atoms with Gasteiger partial charge in [-0.15, -0.1) is 0 Å². The fourth-order valence-corrected chi connectivity index (χ4v) is 5.17. The van der Waals surface area contributed by atoms with Gasteiger partial charge in [0.1, 0.15) is 0 Å². The van der Waals surface area contributed by atoms with Gasteiger partial charge < -0.3 is 4.57 Å². The summed E-state index contributed by atoms with van der Waals surface area (Å²) in [6.07, 6.45) is 9.89. The predicted molar refractivity (Wildman–Crippen MR) is 104 cm³/mol. The van der Waals surface area contributed by atoms with Gasteiger partial charge in [0, 0.05) is 51.6 Å². The van der Waals surface area contributed by atoms with Gasteiger partial charge in [-0.1, -0.05) is 33.1 Å². The second-order valence-corrected chi connectivity index (χ2v) is 10.3. The van der Waals surface area contributed by atoms with Crippen LogP contribution in [0.2, 0.25) is 0 Å². The number of rotatable bonds is 6. The summed E-state index contributed by atoms with van der Waals surface area (Å²) in [7, 11) is -3.30. The molecule has 1 saturated carbocycles. The Morgan fingerprint density at radius 3 is 2.35 bits per heavy atom. The standard InChI is InChI=1S/C19H34N4O2S/c1-16(2)14-23-18(13-20-19(23)26(3,24)25)15-21-9-11-22(12-10-21)17-7-5-4-6-8-17/h13,16-17H,4-12,14-15H2,1-3H3. The zero-order valence-corrected chi connectivity index (χ0v) is 17.3. The van der Waals surface area contributed by atoms with E-state index in [2.05, 4.69) is 28.6 Å². The van der Waals surface area contributed by atoms with E-state index in [9.17, 15) is 8.42 Å². The van der Waals surface area contributed by atoms with E-state index in [-0.39, 0.29) is 5.16 Å². The number of piperazine rings is 1. The Balaban J connectivity index is 1.63. The van der Waals surface area contributed by atoms with Crippen molar-refractivity contribution in [2.24, 2.45) is 5.92 Å². The molecule has 1 aliphatic heterocycles. The van der Waals surface area contributed by atoms with Crippen molar-refractivity contribution in [3.8, 4) is 0 Å². The van der Waals surface area contributed by atoms with E-state index in [0.29, 0.717) is 12.5 Å². The molecule has 0 N–H and O–H groups in total. The molecule has 148 valence electrons. The molecule has 2 fully saturated rings. The first kappa shape index (κ1) is 19.8. The molecule has 1 aromatic rings. The molecule has 3 rings (SSSR count). The maximum atomic E-state index is 12.1. The Labute approximate surface area is 158 Å². The third-order valence-electron chi connectivity index (χ3n) is 5.66. The Hall–Kier alpha value is -0.920. The highest BCUT2D eigenvalue weighted by Crippen LogP contribution is 2.24. The SMILES string of the molecule is CC(C)Cn1c(CN2CCN(C3CCCCC3)CC2)cnc1S(C)(=O)=O. The van der Waals surface area contributed by atoms with Crippen molar-refractivity contribution in [3.63, 3.8) is 0 Å². The molecule has 1 aromatic heterocycles. The number of hydrogen-bond acceptors (Lipinski definition) is 5. The quantitative estimate of drug-likeness (QED) is 0.756. The summed E-state index contributed by atoms with van der Waals surface area (Å²) in [5.41, 5.74) is 1.02. The second kappa shape index (κ2) is 8.40. The lowest BCUT2D eigenvalue weighted by Crippen LogP contribution is -2.50. The lowest BCUT2D eigenvalue weighted by Gasteiger charge is -2.40. The Kier molecular flexibility index (Phi) is 6.41. The van der Waals surface area contributed by atoms with E-state index in [1.807, 2.05) is 4.57 Å². The number of imidazole rings is 1. The third-order valence-corrected chi connectivity index (χ3v) is 6.65. The summed E-state index contributed by atoms with van der Waals surface area (Å²) < 4.78 is 26.0. The van der Waals surface area contributed by atoms with Gasteiger partial charge in [-0.25, -0.2) is 13.4 Å². The zero-order valence-electron chi connectivity index (χ0n) is 16.5. The van der Waals surface area contributed by atoms with Crippen LogP contribution < -0.4 is 0 Å². The normalized spacial score (nSPS) is 21.5. The van der Waals surface area contributed by atoms with E-state index in [1.54, 1.807) is 6.20 Å². The first-order valence-electron chi connectivity index (χ1n) is 10.1. The van der Waals surface area contributed by atoms with Crippen molar-refractivity contribution >= 4 is 9.84 Å². The molecule has 26 heavy (non-hydrogen) atoms. The molecule has 7 heteroatoms. The molecular weight excluding hydrogens is 348 g/mol. The van der Waals surface area contributed by atoms with Crippen molar-refractivity contribution < 1.29 is 8.42 Å². The topological polar surface area (TPSA) is 58.4 Å². The number of aromatic nitrogens is 2. The van der Waals surface area contributed by atoms with Gasteiger partial charge in [0.2, 0.25) is 15.0 Å². The first-order valence-corrected chi connectivity index (χ1v) is 11.9. The maximum absolute atomic E-state index is 12.1. The minimum Gasteiger partial charge on any atom is -0.317 e. The van der Waals surface area contributed by atoms with Gasteiger partial charge in [0.15, 0.2) is 0 Å². The molecule has 2 aliphatic rings. The zero-order chi connectivity index (χ0) is 18.7. The number of hydrogen-bond donors (Lipinski definition) is 0. The van der Waals surface area contributed by atoms with Crippen LogP contribution in [0.3, 0.4) is 0 Å². The van der Waals surface area contributed by atoms with Crippen LogP contribution in [0.15, 0.2) is 11.4 Å². The molecule has 1 aliphatic carbocycles. The Morgan fingerprint density at radius 1 is 1.12 bits per heavy atom. The smallest absolute Gasteiger partial charge is 0.227 e. The molecule has 0 atom stereocenters. The van der Waals surface area contributed by atoms with Crippen molar-refractivity contribution in [2.75, 3.05) is 32.4 Å². The lowest BCUT2D eigenvalue weighted by molar-refractivity contribution is 0.0741. The molecule has 0 unspecified atom stereocenters. The monoisotopic (exact) mass is 382 g/mol. The summed E-state index contributed by atoms with van der Waals surface area (Å²) in [5.74, 6) is 0.381. The Bertz CT molecular complexity index is 684. The average molecular weight is 383 g/mol. The molecule has 6 nitrogen and oxygen atoms in total. The van der Waals surface area contributed by atoms with Crippen LogP contribution in [0.25, 0.3) is 0 Å². The predicted octanol–water partition coefficient (Wildman–Crippen LogP) is 2.39. The van der Waals surface area contributed by atoms with E-state index in [4.69, 9.17) is 0 Å². The Morgan fingerprint density at radius 2 is 1.77 bits per heavy atom. The van der Waals surface area contributed by atoms with Crippen molar-refractivity contribution in [1.29, 1.82) is 0 Å². The van der Waals surface area contributed by atoms with Crippen LogP contribution in [0.1, 0.15) is 51.6 Å². The summed E-state index contributed by atoms with van der Waals surface area (Å²) in [6, 6.07) is 0.786. The molecule has 0 amide bonds. The van der Waals surface area contributed by atoms with Gasteiger partial charge in [0.25, 0.3) is 0 Å². The van der Waals surface area contributed by atoms with Gasteiger partial charge in [0.05, 0.1) is 11.9 Å². The van der Waals surface area contributed by atoms with Crippen LogP contribution in [0.4, 0.5) is 0 Å². The van der Waals surface area contributed by atoms with Crippen LogP contribution in [-0.4, -0.2) is 66.2 Å². The van der Waals surface area contributed by atoms with Crippen molar-refractivity contribution in [3.05, 3.63) is 11.9 Å². The maximum Gasteiger partial charge on any atom is 0.227 e. The van der Waals surface area contributed by atoms with Gasteiger partial charge in [-0.3, -0.25) is 9.80 Å². The van der Waals surface area contributed by atoms with Crippen LogP contribution in [0.5, 0.6) is 0 Å². The average Bonchev–Trinajstić information content (AvgIpc) is 2.98. The van der Waals surface area contributed by atoms with Crippen molar-refractivity contribution in [2.45, 2.75) is 70.2 Å². The molecular formula is C19H34N4O2S. The summed E-state index contributed by atoms with van der Waals surface area (Å²) in [5, 5.41) is 0.210. The molecule has 2 heterocycles. The fraction of sp³-hybridized carbons (Fsp3) is 0.842. The first-order chi connectivity index (χ1) is 12.3. The minimum absolute atomic E-state index is 0.210. The number of nitrogens with zero attached hydrogens (tertiary/aromatic N) is 4. The van der Waals surface area contributed by atoms with E-state index < -0.39 is 9.84 Å². The molecule has 1 saturated heterocycles. The molecule has 0 spiro atoms.